The Morgan fingerprint density at radius 2 is 2.08 bits per heavy atom. The van der Waals surface area contributed by atoms with Crippen molar-refractivity contribution in [3.63, 3.8) is 0 Å². The van der Waals surface area contributed by atoms with Crippen molar-refractivity contribution in [2.45, 2.75) is 51.3 Å². The fraction of sp³-hybridized carbons (Fsp3) is 0.474. The molecule has 0 spiro atoms. The predicted molar refractivity (Wildman–Crippen MR) is 92.4 cm³/mol. The van der Waals surface area contributed by atoms with Crippen LogP contribution in [0.1, 0.15) is 43.2 Å². The van der Waals surface area contributed by atoms with Gasteiger partial charge in [-0.2, -0.15) is 0 Å². The van der Waals surface area contributed by atoms with E-state index in [4.69, 9.17) is 4.74 Å². The lowest BCUT2D eigenvalue weighted by Crippen LogP contribution is -2.30. The average Bonchev–Trinajstić information content (AvgIpc) is 3.12. The van der Waals surface area contributed by atoms with Gasteiger partial charge in [0.25, 0.3) is 0 Å². The lowest BCUT2D eigenvalue weighted by atomic mass is 9.98. The van der Waals surface area contributed by atoms with Crippen LogP contribution in [0.25, 0.3) is 0 Å². The van der Waals surface area contributed by atoms with Crippen LogP contribution in [0.4, 0.5) is 0 Å². The molecule has 0 radical (unpaired) electrons. The first-order valence-electron chi connectivity index (χ1n) is 8.71. The number of nitrogens with zero attached hydrogens (tertiary/aromatic N) is 2. The van der Waals surface area contributed by atoms with Crippen LogP contribution in [0.3, 0.4) is 0 Å². The van der Waals surface area contributed by atoms with E-state index in [-0.39, 0.29) is 18.6 Å². The highest BCUT2D eigenvalue weighted by molar-refractivity contribution is 5.77. The van der Waals surface area contributed by atoms with Crippen molar-refractivity contribution < 1.29 is 9.53 Å². The van der Waals surface area contributed by atoms with Crippen LogP contribution in [0, 0.1) is 0 Å². The van der Waals surface area contributed by atoms with E-state index in [1.165, 1.54) is 24.8 Å². The van der Waals surface area contributed by atoms with Crippen molar-refractivity contribution in [1.29, 1.82) is 0 Å². The highest BCUT2D eigenvalue weighted by Crippen LogP contribution is 2.19. The molecular weight excluding hydrogens is 302 g/mol. The molecule has 1 aromatic heterocycles. The second kappa shape index (κ2) is 8.64. The summed E-state index contributed by atoms with van der Waals surface area (Å²) >= 11 is 0. The number of ether oxygens (including phenoxy) is 1. The Hall–Kier alpha value is -2.14. The minimum absolute atomic E-state index is 0.0411. The largest absolute Gasteiger partial charge is 0.368 e. The molecule has 5 nitrogen and oxygen atoms in total. The summed E-state index contributed by atoms with van der Waals surface area (Å²) < 4.78 is 7.73. The maximum absolute atomic E-state index is 12.0. The van der Waals surface area contributed by atoms with E-state index in [2.05, 4.69) is 22.4 Å². The molecule has 1 saturated carbocycles. The molecule has 1 aromatic carbocycles. The van der Waals surface area contributed by atoms with Gasteiger partial charge in [-0.25, -0.2) is 4.98 Å². The van der Waals surface area contributed by atoms with E-state index in [9.17, 15) is 4.79 Å². The van der Waals surface area contributed by atoms with Crippen molar-refractivity contribution >= 4 is 5.91 Å². The second-order valence-corrected chi connectivity index (χ2v) is 6.40. The summed E-state index contributed by atoms with van der Waals surface area (Å²) in [6, 6.07) is 8.24. The van der Waals surface area contributed by atoms with Gasteiger partial charge in [0.2, 0.25) is 5.91 Å². The number of amides is 1. The number of carbonyl (C=O) groups is 1. The van der Waals surface area contributed by atoms with Gasteiger partial charge >= 0.3 is 0 Å². The smallest absolute Gasteiger partial charge is 0.246 e. The van der Waals surface area contributed by atoms with Crippen LogP contribution in [0.2, 0.25) is 0 Å². The fourth-order valence-corrected chi connectivity index (χ4v) is 3.11. The highest BCUT2D eigenvalue weighted by atomic mass is 16.5. The fourth-order valence-electron chi connectivity index (χ4n) is 3.11. The van der Waals surface area contributed by atoms with Gasteiger partial charge in [-0.1, -0.05) is 43.5 Å². The lowest BCUT2D eigenvalue weighted by Gasteiger charge is -2.21. The minimum atomic E-state index is -0.0411. The van der Waals surface area contributed by atoms with E-state index in [0.29, 0.717) is 6.54 Å². The van der Waals surface area contributed by atoms with Crippen LogP contribution in [-0.2, 0) is 22.6 Å². The molecule has 1 fully saturated rings. The lowest BCUT2D eigenvalue weighted by molar-refractivity contribution is -0.128. The van der Waals surface area contributed by atoms with E-state index >= 15 is 0 Å². The molecule has 0 atom stereocenters. The zero-order chi connectivity index (χ0) is 16.6. The van der Waals surface area contributed by atoms with E-state index in [1.807, 2.05) is 22.9 Å². The van der Waals surface area contributed by atoms with Crippen molar-refractivity contribution in [3.8, 4) is 0 Å². The molecule has 0 bridgehead atoms. The maximum Gasteiger partial charge on any atom is 0.246 e. The number of imidazole rings is 1. The summed E-state index contributed by atoms with van der Waals surface area (Å²) in [7, 11) is 0. The quantitative estimate of drug-likeness (QED) is 0.851. The Morgan fingerprint density at radius 1 is 1.25 bits per heavy atom. The van der Waals surface area contributed by atoms with E-state index in [0.717, 1.165) is 24.9 Å². The molecule has 0 unspecified atom stereocenters. The molecule has 5 heteroatoms. The second-order valence-electron chi connectivity index (χ2n) is 6.40. The predicted octanol–water partition coefficient (Wildman–Crippen LogP) is 2.90. The molecule has 1 heterocycles. The number of hydrogen-bond donors (Lipinski definition) is 1. The summed E-state index contributed by atoms with van der Waals surface area (Å²) in [5.74, 6) is -0.0411. The van der Waals surface area contributed by atoms with Gasteiger partial charge in [0, 0.05) is 25.5 Å². The number of nitrogens with one attached hydrogen (secondary N) is 1. The van der Waals surface area contributed by atoms with Crippen molar-refractivity contribution in [2.24, 2.45) is 0 Å². The Balaban J connectivity index is 1.43. The molecule has 3 rings (SSSR count). The van der Waals surface area contributed by atoms with Gasteiger partial charge in [-0.05, 0) is 24.0 Å². The van der Waals surface area contributed by atoms with Gasteiger partial charge in [0.05, 0.1) is 12.4 Å². The highest BCUT2D eigenvalue weighted by Gasteiger charge is 2.15. The topological polar surface area (TPSA) is 56.1 Å². The summed E-state index contributed by atoms with van der Waals surface area (Å²) in [4.78, 5) is 16.0. The van der Waals surface area contributed by atoms with Crippen molar-refractivity contribution in [2.75, 3.05) is 6.61 Å². The first kappa shape index (κ1) is 16.7. The number of aromatic nitrogens is 2. The molecule has 0 aliphatic heterocycles. The molecule has 1 N–H and O–H groups in total. The summed E-state index contributed by atoms with van der Waals surface area (Å²) in [5, 5.41) is 2.94. The van der Waals surface area contributed by atoms with Gasteiger partial charge in [0.1, 0.15) is 6.61 Å². The normalized spacial score (nSPS) is 15.3. The summed E-state index contributed by atoms with van der Waals surface area (Å²) in [6.45, 7) is 1.48. The molecule has 128 valence electrons. The van der Waals surface area contributed by atoms with Gasteiger partial charge in [0.15, 0.2) is 0 Å². The van der Waals surface area contributed by atoms with Crippen LogP contribution in [0.15, 0.2) is 43.0 Å². The summed E-state index contributed by atoms with van der Waals surface area (Å²) in [6.07, 6.45) is 11.7. The Bertz CT molecular complexity index is 634. The molecular formula is C19H25N3O2. The van der Waals surface area contributed by atoms with Gasteiger partial charge in [-0.15, -0.1) is 0 Å². The molecule has 24 heavy (non-hydrogen) atoms. The Morgan fingerprint density at radius 3 is 2.88 bits per heavy atom. The molecule has 2 aromatic rings. The first-order valence-corrected chi connectivity index (χ1v) is 8.71. The van der Waals surface area contributed by atoms with Gasteiger partial charge < -0.3 is 14.6 Å². The Kier molecular flexibility index (Phi) is 6.01. The number of carbonyl (C=O) groups excluding carboxylic acids is 1. The zero-order valence-corrected chi connectivity index (χ0v) is 14.0. The standard InChI is InChI=1S/C19H25N3O2/c23-19(14-24-18-7-2-1-3-8-18)21-12-16-5-4-6-17(11-16)13-22-10-9-20-15-22/h4-6,9-11,15,18H,1-3,7-8,12-14H2,(H,21,23). The van der Waals surface area contributed by atoms with Crippen LogP contribution in [0.5, 0.6) is 0 Å². The van der Waals surface area contributed by atoms with E-state index < -0.39 is 0 Å². The third-order valence-corrected chi connectivity index (χ3v) is 4.41. The van der Waals surface area contributed by atoms with E-state index in [1.54, 1.807) is 12.5 Å². The SMILES string of the molecule is O=C(COC1CCCCC1)NCc1cccc(Cn2ccnc2)c1. The summed E-state index contributed by atoms with van der Waals surface area (Å²) in [5.41, 5.74) is 2.29. The molecule has 1 aliphatic carbocycles. The third-order valence-electron chi connectivity index (χ3n) is 4.41. The molecule has 1 aliphatic rings. The van der Waals surface area contributed by atoms with Crippen LogP contribution >= 0.6 is 0 Å². The van der Waals surface area contributed by atoms with Crippen molar-refractivity contribution in [1.82, 2.24) is 14.9 Å². The number of hydrogen-bond acceptors (Lipinski definition) is 3. The Labute approximate surface area is 143 Å². The van der Waals surface area contributed by atoms with Gasteiger partial charge in [-0.3, -0.25) is 4.79 Å². The van der Waals surface area contributed by atoms with Crippen LogP contribution < -0.4 is 5.32 Å². The molecule has 0 saturated heterocycles. The monoisotopic (exact) mass is 327 g/mol. The number of rotatable bonds is 7. The first-order chi connectivity index (χ1) is 11.8. The number of benzene rings is 1. The van der Waals surface area contributed by atoms with Crippen LogP contribution in [-0.4, -0.2) is 28.2 Å². The minimum Gasteiger partial charge on any atom is -0.368 e. The van der Waals surface area contributed by atoms with Crippen molar-refractivity contribution in [3.05, 3.63) is 54.1 Å². The average molecular weight is 327 g/mol. The third kappa shape index (κ3) is 5.20. The zero-order valence-electron chi connectivity index (χ0n) is 14.0. The molecule has 1 amide bonds. The maximum atomic E-state index is 12.0.